The Morgan fingerprint density at radius 3 is 2.25 bits per heavy atom. The smallest absolute Gasteiger partial charge is 0.229 e. The number of phenolic OH excluding ortho intramolecular Hbond substituents is 2. The summed E-state index contributed by atoms with van der Waals surface area (Å²) >= 11 is 0. The number of hydrogen-bond donors (Lipinski definition) is 8. The van der Waals surface area contributed by atoms with Crippen molar-refractivity contribution in [2.24, 2.45) is 0 Å². The highest BCUT2D eigenvalue weighted by atomic mass is 16.7. The molecule has 2 fully saturated rings. The molecule has 0 radical (unpaired) electrons. The van der Waals surface area contributed by atoms with Crippen molar-refractivity contribution in [1.82, 2.24) is 0 Å². The first-order valence-corrected chi connectivity index (χ1v) is 12.3. The minimum atomic E-state index is -1.76. The second-order valence-electron chi connectivity index (χ2n) is 9.55. The third-order valence-corrected chi connectivity index (χ3v) is 6.73. The molecule has 5 rings (SSSR count). The lowest BCUT2D eigenvalue weighted by Crippen LogP contribution is -2.61. The monoisotopic (exact) mass is 564 g/mol. The highest BCUT2D eigenvalue weighted by Crippen LogP contribution is 2.33. The van der Waals surface area contributed by atoms with Crippen LogP contribution in [0.4, 0.5) is 0 Å². The van der Waals surface area contributed by atoms with E-state index in [1.165, 1.54) is 36.4 Å². The Hall–Kier alpha value is -3.31. The molecule has 14 heteroatoms. The number of aliphatic hydroxyl groups excluding tert-OH is 6. The van der Waals surface area contributed by atoms with Crippen LogP contribution in [-0.4, -0.2) is 109 Å². The van der Waals surface area contributed by atoms with Gasteiger partial charge in [-0.2, -0.15) is 0 Å². The number of ether oxygens (including phenoxy) is 4. The maximum absolute atomic E-state index is 12.7. The molecule has 0 bridgehead atoms. The molecule has 0 aliphatic carbocycles. The van der Waals surface area contributed by atoms with E-state index < -0.39 is 73.1 Å². The lowest BCUT2D eigenvalue weighted by molar-refractivity contribution is -0.307. The predicted octanol–water partition coefficient (Wildman–Crippen LogP) is -1.49. The summed E-state index contributed by atoms with van der Waals surface area (Å²) < 4.78 is 27.5. The molecule has 0 spiro atoms. The molecular formula is C26H28O14. The van der Waals surface area contributed by atoms with Crippen molar-refractivity contribution in [2.75, 3.05) is 13.2 Å². The Morgan fingerprint density at radius 1 is 0.825 bits per heavy atom. The number of aromatic hydroxyl groups is 2. The van der Waals surface area contributed by atoms with Crippen molar-refractivity contribution in [2.45, 2.75) is 55.3 Å². The van der Waals surface area contributed by atoms with Crippen LogP contribution in [0.25, 0.3) is 22.3 Å². The number of hydrogen-bond acceptors (Lipinski definition) is 14. The SMILES string of the molecule is O=c1cc(-c2ccc(O)cc2)oc2cc(O[C@@H]3OC(CO[C@@H]4OC[C@H](O)C(O)[C@H]4O)[C@@H](O)[C@H](O)C3O)cc(O)c12. The van der Waals surface area contributed by atoms with Gasteiger partial charge in [0.15, 0.2) is 11.7 Å². The van der Waals surface area contributed by atoms with Gasteiger partial charge in [-0.05, 0) is 24.3 Å². The van der Waals surface area contributed by atoms with Crippen molar-refractivity contribution in [3.05, 3.63) is 52.7 Å². The summed E-state index contributed by atoms with van der Waals surface area (Å²) in [6.45, 7) is -0.802. The van der Waals surface area contributed by atoms with Gasteiger partial charge < -0.3 is 64.2 Å². The van der Waals surface area contributed by atoms with E-state index in [2.05, 4.69) is 0 Å². The standard InChI is InChI=1S/C26H28O14/c27-11-3-1-10(2-4-11)16-7-14(29)19-13(28)5-12(6-17(19)39-16)38-26-24(35)22(33)21(32)18(40-26)9-37-25-23(34)20(31)15(30)8-36-25/h1-7,15,18,20-28,30-35H,8-9H2/t15-,18?,20?,21+,22-,23+,24?,25-,26+/m0/s1. The molecule has 216 valence electrons. The molecule has 0 saturated carbocycles. The van der Waals surface area contributed by atoms with Crippen molar-refractivity contribution in [1.29, 1.82) is 0 Å². The normalized spacial score (nSPS) is 32.7. The van der Waals surface area contributed by atoms with Crippen molar-refractivity contribution in [3.63, 3.8) is 0 Å². The van der Waals surface area contributed by atoms with Crippen LogP contribution in [0.1, 0.15) is 0 Å². The van der Waals surface area contributed by atoms with Gasteiger partial charge in [0.1, 0.15) is 76.7 Å². The van der Waals surface area contributed by atoms with Crippen LogP contribution in [0.15, 0.2) is 51.7 Å². The Morgan fingerprint density at radius 2 is 1.52 bits per heavy atom. The summed E-state index contributed by atoms with van der Waals surface area (Å²) in [5.74, 6) is -0.454. The van der Waals surface area contributed by atoms with Gasteiger partial charge in [-0.1, -0.05) is 0 Å². The first-order chi connectivity index (χ1) is 19.0. The first kappa shape index (κ1) is 28.2. The molecule has 9 atom stereocenters. The number of aliphatic hydroxyl groups is 6. The van der Waals surface area contributed by atoms with Crippen LogP contribution in [0.3, 0.4) is 0 Å². The molecule has 2 aliphatic heterocycles. The summed E-state index contributed by atoms with van der Waals surface area (Å²) in [7, 11) is 0. The molecule has 8 N–H and O–H groups in total. The Labute approximate surface area is 225 Å². The van der Waals surface area contributed by atoms with Gasteiger partial charge in [0.2, 0.25) is 6.29 Å². The lowest BCUT2D eigenvalue weighted by atomic mass is 9.99. The molecule has 14 nitrogen and oxygen atoms in total. The Kier molecular flexibility index (Phi) is 7.96. The van der Waals surface area contributed by atoms with Crippen molar-refractivity contribution < 1.29 is 64.2 Å². The molecule has 0 amide bonds. The van der Waals surface area contributed by atoms with Gasteiger partial charge in [-0.15, -0.1) is 0 Å². The van der Waals surface area contributed by atoms with Crippen LogP contribution < -0.4 is 10.2 Å². The maximum atomic E-state index is 12.7. The van der Waals surface area contributed by atoms with Crippen LogP contribution in [0.2, 0.25) is 0 Å². The van der Waals surface area contributed by atoms with Gasteiger partial charge in [0.05, 0.1) is 13.2 Å². The van der Waals surface area contributed by atoms with E-state index in [9.17, 15) is 45.6 Å². The average Bonchev–Trinajstić information content (AvgIpc) is 2.92. The maximum Gasteiger partial charge on any atom is 0.229 e. The van der Waals surface area contributed by atoms with E-state index in [4.69, 9.17) is 23.4 Å². The van der Waals surface area contributed by atoms with E-state index in [1.807, 2.05) is 0 Å². The van der Waals surface area contributed by atoms with Gasteiger partial charge in [-0.25, -0.2) is 0 Å². The molecule has 3 aromatic rings. The lowest BCUT2D eigenvalue weighted by Gasteiger charge is -2.41. The van der Waals surface area contributed by atoms with E-state index in [1.54, 1.807) is 0 Å². The minimum absolute atomic E-state index is 0.0149. The molecule has 3 heterocycles. The number of fused-ring (bicyclic) bond motifs is 1. The molecule has 2 aliphatic rings. The molecule has 3 unspecified atom stereocenters. The largest absolute Gasteiger partial charge is 0.508 e. The quantitative estimate of drug-likeness (QED) is 0.171. The predicted molar refractivity (Wildman–Crippen MR) is 132 cm³/mol. The zero-order valence-corrected chi connectivity index (χ0v) is 20.7. The molecule has 40 heavy (non-hydrogen) atoms. The van der Waals surface area contributed by atoms with Gasteiger partial charge in [0, 0.05) is 23.8 Å². The van der Waals surface area contributed by atoms with E-state index >= 15 is 0 Å². The molecule has 2 aromatic carbocycles. The van der Waals surface area contributed by atoms with Crippen molar-refractivity contribution >= 4 is 11.0 Å². The number of benzene rings is 2. The topological polar surface area (TPSA) is 229 Å². The third kappa shape index (κ3) is 5.49. The highest BCUT2D eigenvalue weighted by Gasteiger charge is 2.46. The highest BCUT2D eigenvalue weighted by molar-refractivity contribution is 5.86. The molecular weight excluding hydrogens is 536 g/mol. The molecule has 1 aromatic heterocycles. The summed E-state index contributed by atoms with van der Waals surface area (Å²) in [6, 6.07) is 9.39. The van der Waals surface area contributed by atoms with Crippen LogP contribution in [0.5, 0.6) is 17.2 Å². The Balaban J connectivity index is 1.35. The summed E-state index contributed by atoms with van der Waals surface area (Å²) in [6.07, 6.45) is -13.9. The number of phenols is 2. The van der Waals surface area contributed by atoms with Gasteiger partial charge in [0.25, 0.3) is 0 Å². The van der Waals surface area contributed by atoms with E-state index in [-0.39, 0.29) is 34.8 Å². The summed E-state index contributed by atoms with van der Waals surface area (Å²) in [4.78, 5) is 12.7. The fraction of sp³-hybridized carbons (Fsp3) is 0.423. The zero-order valence-electron chi connectivity index (χ0n) is 20.7. The molecule has 2 saturated heterocycles. The van der Waals surface area contributed by atoms with E-state index in [0.29, 0.717) is 5.56 Å². The second kappa shape index (κ2) is 11.3. The van der Waals surface area contributed by atoms with Crippen molar-refractivity contribution in [3.8, 4) is 28.6 Å². The zero-order chi connectivity index (χ0) is 28.7. The minimum Gasteiger partial charge on any atom is -0.508 e. The summed E-state index contributed by atoms with van der Waals surface area (Å²) in [5.41, 5.74) is -0.147. The average molecular weight is 564 g/mol. The number of rotatable bonds is 6. The second-order valence-corrected chi connectivity index (χ2v) is 9.55. The van der Waals surface area contributed by atoms with E-state index in [0.717, 1.165) is 6.07 Å². The third-order valence-electron chi connectivity index (χ3n) is 6.73. The fourth-order valence-electron chi connectivity index (χ4n) is 4.48. The fourth-order valence-corrected chi connectivity index (χ4v) is 4.48. The Bertz CT molecular complexity index is 1390. The van der Waals surface area contributed by atoms with Crippen LogP contribution in [0, 0.1) is 0 Å². The van der Waals surface area contributed by atoms with Crippen LogP contribution in [-0.2, 0) is 14.2 Å². The first-order valence-electron chi connectivity index (χ1n) is 12.3. The summed E-state index contributed by atoms with van der Waals surface area (Å²) in [5, 5.41) is 80.5. The van der Waals surface area contributed by atoms with Gasteiger partial charge >= 0.3 is 0 Å². The van der Waals surface area contributed by atoms with Gasteiger partial charge in [-0.3, -0.25) is 4.79 Å². The van der Waals surface area contributed by atoms with Crippen LogP contribution >= 0.6 is 0 Å².